The summed E-state index contributed by atoms with van der Waals surface area (Å²) >= 11 is 0. The fraction of sp³-hybridized carbons (Fsp3) is 0.278. The van der Waals surface area contributed by atoms with E-state index in [-0.39, 0.29) is 79.5 Å². The number of phosphoric ester groups is 1. The SMILES string of the molecule is C#COP(=O)(OC#C)OCCCCOC(=O)c1ccc(C)cc1CC(=O)CC[C@H](NC(=O)c1ccc(NCc2cnc3nc(N)[nH]c(=O)c3n2)cc1)C(=O)O. The van der Waals surface area contributed by atoms with Crippen molar-refractivity contribution in [3.8, 4) is 25.1 Å². The number of anilines is 2. The van der Waals surface area contributed by atoms with Gasteiger partial charge in [-0.2, -0.15) is 4.98 Å². The Morgan fingerprint density at radius 3 is 2.44 bits per heavy atom. The van der Waals surface area contributed by atoms with Gasteiger partial charge >= 0.3 is 19.8 Å². The van der Waals surface area contributed by atoms with Crippen LogP contribution >= 0.6 is 7.82 Å². The Hall–Kier alpha value is -6.75. The molecule has 2 aromatic heterocycles. The van der Waals surface area contributed by atoms with Crippen LogP contribution in [-0.4, -0.2) is 67.9 Å². The number of Topliss-reactive ketones (excluding diaryl/α,β-unsaturated/α-hetero) is 1. The van der Waals surface area contributed by atoms with Gasteiger partial charge in [0.2, 0.25) is 5.95 Å². The molecule has 6 N–H and O–H groups in total. The molecule has 0 spiro atoms. The van der Waals surface area contributed by atoms with Crippen molar-refractivity contribution in [1.82, 2.24) is 25.3 Å². The summed E-state index contributed by atoms with van der Waals surface area (Å²) in [5.74, 6) is -3.10. The fourth-order valence-electron chi connectivity index (χ4n) is 4.98. The maximum Gasteiger partial charge on any atom is 0.604 e. The summed E-state index contributed by atoms with van der Waals surface area (Å²) in [6.45, 7) is 1.83. The maximum absolute atomic E-state index is 13.0. The number of benzene rings is 2. The number of hydrogen-bond acceptors (Lipinski definition) is 15. The number of carboxylic acid groups (broad SMARTS) is 1. The molecule has 2 heterocycles. The van der Waals surface area contributed by atoms with Crippen LogP contribution < -0.4 is 21.9 Å². The standard InChI is InChI=1S/C36H36N7O11P/c1-4-52-55(50,53-5-2)54-17-7-6-16-51-35(49)28-14-8-22(3)18-24(28)19-27(44)13-15-29(34(47)48)41-32(45)23-9-11-25(12-10-23)38-20-26-21-39-31-30(40-26)33(46)43-36(37)42-31/h1-2,8-12,14,18,21,29,38H,6-7,13,15-17,19-20H2,3H3,(H,41,45)(H,47,48)(H3,37,39,42,43,46)/t29-/m0/s1. The molecule has 0 saturated carbocycles. The van der Waals surface area contributed by atoms with Crippen LogP contribution in [0, 0.1) is 32.0 Å². The number of carbonyl (C=O) groups is 4. The number of ether oxygens (including phenoxy) is 1. The van der Waals surface area contributed by atoms with Crippen LogP contribution in [0.25, 0.3) is 11.2 Å². The minimum Gasteiger partial charge on any atom is -0.480 e. The first-order valence-corrected chi connectivity index (χ1v) is 18.0. The third kappa shape index (κ3) is 12.1. The Morgan fingerprint density at radius 1 is 1.04 bits per heavy atom. The Bertz CT molecular complexity index is 2230. The van der Waals surface area contributed by atoms with Crippen LogP contribution in [0.3, 0.4) is 0 Å². The van der Waals surface area contributed by atoms with Gasteiger partial charge in [-0.15, -0.1) is 0 Å². The Morgan fingerprint density at radius 2 is 1.75 bits per heavy atom. The van der Waals surface area contributed by atoms with Crippen LogP contribution in [0.2, 0.25) is 0 Å². The van der Waals surface area contributed by atoms with Gasteiger partial charge in [0.15, 0.2) is 11.2 Å². The van der Waals surface area contributed by atoms with Crippen molar-refractivity contribution in [2.75, 3.05) is 24.3 Å². The number of phosphoric acid groups is 1. The molecule has 0 aliphatic rings. The number of nitrogens with one attached hydrogen (secondary N) is 3. The van der Waals surface area contributed by atoms with E-state index in [1.165, 1.54) is 24.4 Å². The van der Waals surface area contributed by atoms with E-state index in [0.29, 0.717) is 23.4 Å². The van der Waals surface area contributed by atoms with E-state index in [2.05, 4.69) is 39.6 Å². The van der Waals surface area contributed by atoms with E-state index in [9.17, 15) is 33.6 Å². The monoisotopic (exact) mass is 773 g/mol. The minimum absolute atomic E-state index is 0.0304. The number of nitrogen functional groups attached to an aromatic ring is 1. The molecule has 4 aromatic rings. The predicted octanol–water partition coefficient (Wildman–Crippen LogP) is 3.27. The highest BCUT2D eigenvalue weighted by atomic mass is 31.2. The molecule has 286 valence electrons. The van der Waals surface area contributed by atoms with Gasteiger partial charge in [-0.25, -0.2) is 24.1 Å². The number of hydrogen-bond donors (Lipinski definition) is 5. The number of aromatic nitrogens is 4. The number of unbranched alkanes of at least 4 members (excludes halogenated alkanes) is 1. The van der Waals surface area contributed by atoms with E-state index >= 15 is 0 Å². The number of carbonyl (C=O) groups excluding carboxylic acids is 3. The minimum atomic E-state index is -4.10. The topological polar surface area (TPSA) is 264 Å². The highest BCUT2D eigenvalue weighted by molar-refractivity contribution is 7.48. The van der Waals surface area contributed by atoms with Crippen LogP contribution in [0.5, 0.6) is 0 Å². The Kier molecular flexibility index (Phi) is 14.4. The summed E-state index contributed by atoms with van der Waals surface area (Å²) in [5, 5.41) is 15.3. The molecular formula is C36H36N7O11P. The molecule has 55 heavy (non-hydrogen) atoms. The van der Waals surface area contributed by atoms with Crippen molar-refractivity contribution in [3.05, 3.63) is 87.0 Å². The van der Waals surface area contributed by atoms with Crippen molar-refractivity contribution in [2.45, 2.75) is 51.6 Å². The summed E-state index contributed by atoms with van der Waals surface area (Å²) < 4.78 is 31.3. The number of fused-ring (bicyclic) bond motifs is 1. The first-order valence-electron chi connectivity index (χ1n) is 16.5. The fourth-order valence-corrected chi connectivity index (χ4v) is 5.74. The van der Waals surface area contributed by atoms with Crippen LogP contribution in [0.15, 0.2) is 53.5 Å². The van der Waals surface area contributed by atoms with E-state index in [0.717, 1.165) is 5.56 Å². The Labute approximate surface area is 314 Å². The number of carboxylic acids is 1. The molecule has 0 aliphatic heterocycles. The van der Waals surface area contributed by atoms with E-state index in [1.807, 2.05) is 0 Å². The summed E-state index contributed by atoms with van der Waals surface area (Å²) in [6.07, 6.45) is 14.7. The van der Waals surface area contributed by atoms with Crippen molar-refractivity contribution >= 4 is 54.3 Å². The molecule has 1 atom stereocenters. The molecule has 0 bridgehead atoms. The van der Waals surface area contributed by atoms with E-state index < -0.39 is 37.3 Å². The number of H-pyrrole nitrogens is 1. The van der Waals surface area contributed by atoms with Gasteiger partial charge in [0.1, 0.15) is 24.0 Å². The molecule has 1 amide bonds. The first-order chi connectivity index (χ1) is 26.3. The van der Waals surface area contributed by atoms with Crippen molar-refractivity contribution in [3.63, 3.8) is 0 Å². The number of nitrogens with zero attached hydrogens (tertiary/aromatic N) is 3. The molecule has 2 aromatic carbocycles. The Balaban J connectivity index is 1.25. The molecule has 19 heteroatoms. The molecule has 0 radical (unpaired) electrons. The smallest absolute Gasteiger partial charge is 0.480 e. The lowest BCUT2D eigenvalue weighted by Gasteiger charge is -2.15. The largest absolute Gasteiger partial charge is 0.604 e. The van der Waals surface area contributed by atoms with Gasteiger partial charge in [-0.3, -0.25) is 23.9 Å². The second-order valence-electron chi connectivity index (χ2n) is 11.7. The zero-order valence-corrected chi connectivity index (χ0v) is 30.3. The molecule has 18 nitrogen and oxygen atoms in total. The van der Waals surface area contributed by atoms with Gasteiger partial charge in [0.05, 0.1) is 37.2 Å². The summed E-state index contributed by atoms with van der Waals surface area (Å²) in [5.41, 5.74) is 7.71. The average molecular weight is 774 g/mol. The number of aromatic amines is 1. The normalized spacial score (nSPS) is 11.4. The predicted molar refractivity (Wildman–Crippen MR) is 197 cm³/mol. The third-order valence-electron chi connectivity index (χ3n) is 7.64. The van der Waals surface area contributed by atoms with Crippen LogP contribution in [0.1, 0.15) is 63.2 Å². The number of nitrogens with two attached hydrogens (primary N) is 1. The number of aryl methyl sites for hydroxylation is 1. The number of amides is 1. The van der Waals surface area contributed by atoms with Crippen molar-refractivity contribution in [2.24, 2.45) is 0 Å². The molecule has 4 rings (SSSR count). The number of terminal acetylenes is 2. The van der Waals surface area contributed by atoms with Gasteiger partial charge in [0, 0.05) is 24.1 Å². The molecule has 0 aliphatic carbocycles. The lowest BCUT2D eigenvalue weighted by atomic mass is 9.97. The van der Waals surface area contributed by atoms with Gasteiger partial charge in [-0.05, 0) is 62.1 Å². The van der Waals surface area contributed by atoms with Gasteiger partial charge in [-0.1, -0.05) is 30.5 Å². The lowest BCUT2D eigenvalue weighted by Crippen LogP contribution is -2.41. The van der Waals surface area contributed by atoms with Crippen LogP contribution in [0.4, 0.5) is 11.6 Å². The molecule has 0 saturated heterocycles. The molecule has 0 fully saturated rings. The number of ketones is 1. The van der Waals surface area contributed by atoms with E-state index in [4.69, 9.17) is 27.8 Å². The van der Waals surface area contributed by atoms with E-state index in [1.54, 1.807) is 43.4 Å². The zero-order valence-electron chi connectivity index (χ0n) is 29.4. The lowest BCUT2D eigenvalue weighted by molar-refractivity contribution is -0.139. The average Bonchev–Trinajstić information content (AvgIpc) is 3.14. The van der Waals surface area contributed by atoms with Crippen molar-refractivity contribution < 1.29 is 47.2 Å². The zero-order chi connectivity index (χ0) is 40.0. The quantitative estimate of drug-likeness (QED) is 0.0373. The molecule has 0 unspecified atom stereocenters. The number of rotatable bonds is 20. The van der Waals surface area contributed by atoms with Gasteiger partial charge < -0.3 is 35.3 Å². The second-order valence-corrected chi connectivity index (χ2v) is 13.3. The molecular weight excluding hydrogens is 737 g/mol. The van der Waals surface area contributed by atoms with Gasteiger partial charge in [0.25, 0.3) is 11.5 Å². The highest BCUT2D eigenvalue weighted by Gasteiger charge is 2.28. The summed E-state index contributed by atoms with van der Waals surface area (Å²) in [4.78, 5) is 77.6. The van der Waals surface area contributed by atoms with Crippen LogP contribution in [-0.2, 0) is 45.4 Å². The third-order valence-corrected chi connectivity index (χ3v) is 8.80. The van der Waals surface area contributed by atoms with Crippen molar-refractivity contribution in [1.29, 1.82) is 0 Å². The second kappa shape index (κ2) is 19.4. The number of esters is 1. The summed E-state index contributed by atoms with van der Waals surface area (Å²) in [6, 6.07) is 9.69. The highest BCUT2D eigenvalue weighted by Crippen LogP contribution is 2.48. The summed E-state index contributed by atoms with van der Waals surface area (Å²) in [7, 11) is -4.10. The maximum atomic E-state index is 13.0. The number of aliphatic carboxylic acids is 1. The first kappa shape index (κ1) is 41.0.